The first-order valence-electron chi connectivity index (χ1n) is 8.57. The van der Waals surface area contributed by atoms with E-state index in [-0.39, 0.29) is 0 Å². The molecule has 1 fully saturated rings. The average molecular weight is 466 g/mol. The van der Waals surface area contributed by atoms with Crippen LogP contribution in [-0.2, 0) is 11.2 Å². The van der Waals surface area contributed by atoms with Crippen molar-refractivity contribution < 1.29 is 4.79 Å². The van der Waals surface area contributed by atoms with Crippen molar-refractivity contribution in [3.63, 3.8) is 0 Å². The molecule has 1 aliphatic rings. The van der Waals surface area contributed by atoms with E-state index < -0.39 is 0 Å². The minimum absolute atomic E-state index is 0.405. The van der Waals surface area contributed by atoms with Crippen molar-refractivity contribution >= 4 is 51.0 Å². The van der Waals surface area contributed by atoms with Crippen molar-refractivity contribution in [2.24, 2.45) is 0 Å². The van der Waals surface area contributed by atoms with Gasteiger partial charge in [0.25, 0.3) is 0 Å². The molecule has 0 aliphatic heterocycles. The summed E-state index contributed by atoms with van der Waals surface area (Å²) in [6.07, 6.45) is 11.3. The molecule has 0 bridgehead atoms. The highest BCUT2D eigenvalue weighted by atomic mass is 127. The van der Waals surface area contributed by atoms with Crippen LogP contribution in [0.15, 0.2) is 23.8 Å². The third kappa shape index (κ3) is 3.31. The molecule has 5 nitrogen and oxygen atoms in total. The molecule has 0 spiro atoms. The number of nitrogens with one attached hydrogen (secondary N) is 1. The van der Waals surface area contributed by atoms with Crippen LogP contribution in [0.4, 0.5) is 5.82 Å². The van der Waals surface area contributed by atoms with E-state index in [1.165, 1.54) is 32.1 Å². The molecule has 3 heterocycles. The van der Waals surface area contributed by atoms with Crippen molar-refractivity contribution in [2.75, 3.05) is 5.32 Å². The number of anilines is 1. The Morgan fingerprint density at radius 2 is 2.20 bits per heavy atom. The van der Waals surface area contributed by atoms with Gasteiger partial charge in [-0.2, -0.15) is 0 Å². The summed E-state index contributed by atoms with van der Waals surface area (Å²) < 4.78 is 3.20. The van der Waals surface area contributed by atoms with E-state index >= 15 is 0 Å². The van der Waals surface area contributed by atoms with Gasteiger partial charge in [0.2, 0.25) is 0 Å². The maximum absolute atomic E-state index is 11.1. The van der Waals surface area contributed by atoms with Crippen molar-refractivity contribution in [3.05, 3.63) is 33.1 Å². The summed E-state index contributed by atoms with van der Waals surface area (Å²) >= 11 is 3.89. The van der Waals surface area contributed by atoms with Gasteiger partial charge in [-0.05, 0) is 41.5 Å². The first-order chi connectivity index (χ1) is 12.3. The number of nitrogens with zero attached hydrogens (tertiary/aromatic N) is 3. The normalized spacial score (nSPS) is 15.6. The zero-order chi connectivity index (χ0) is 17.2. The molecular formula is C18H19IN4OS. The van der Waals surface area contributed by atoms with Gasteiger partial charge >= 0.3 is 0 Å². The number of thiazole rings is 1. The molecule has 1 aliphatic carbocycles. The maximum Gasteiger partial charge on any atom is 0.196 e. The summed E-state index contributed by atoms with van der Waals surface area (Å²) in [7, 11) is 0. The lowest BCUT2D eigenvalue weighted by molar-refractivity contribution is -0.107. The number of carbonyl (C=O) groups excluding carboxylic acids is 1. The van der Waals surface area contributed by atoms with E-state index in [1.54, 1.807) is 11.3 Å². The molecule has 7 heteroatoms. The number of pyridine rings is 1. The summed E-state index contributed by atoms with van der Waals surface area (Å²) in [6, 6.07) is 2.48. The maximum atomic E-state index is 11.1. The Morgan fingerprint density at radius 1 is 1.36 bits per heavy atom. The summed E-state index contributed by atoms with van der Waals surface area (Å²) in [4.78, 5) is 21.1. The number of aromatic nitrogens is 3. The lowest BCUT2D eigenvalue weighted by atomic mass is 9.95. The summed E-state index contributed by atoms with van der Waals surface area (Å²) in [5.41, 5.74) is 3.04. The lowest BCUT2D eigenvalue weighted by Gasteiger charge is -2.24. The van der Waals surface area contributed by atoms with Gasteiger partial charge in [-0.25, -0.2) is 4.98 Å². The highest BCUT2D eigenvalue weighted by molar-refractivity contribution is 14.1. The van der Waals surface area contributed by atoms with Crippen molar-refractivity contribution in [1.82, 2.24) is 14.4 Å². The van der Waals surface area contributed by atoms with E-state index in [0.717, 1.165) is 37.6 Å². The fourth-order valence-electron chi connectivity index (χ4n) is 3.47. The number of hydrogen-bond donors (Lipinski definition) is 1. The van der Waals surface area contributed by atoms with E-state index in [1.807, 2.05) is 23.8 Å². The molecule has 0 atom stereocenters. The first kappa shape index (κ1) is 17.0. The summed E-state index contributed by atoms with van der Waals surface area (Å²) in [6.45, 7) is 0. The molecule has 130 valence electrons. The number of halogens is 1. The van der Waals surface area contributed by atoms with Crippen LogP contribution in [0.25, 0.3) is 16.2 Å². The second-order valence-corrected chi connectivity index (χ2v) is 8.36. The number of fused-ring (bicyclic) bond motifs is 1. The van der Waals surface area contributed by atoms with Gasteiger partial charge in [0, 0.05) is 45.1 Å². The summed E-state index contributed by atoms with van der Waals surface area (Å²) in [5, 5.41) is 5.78. The molecule has 0 saturated heterocycles. The highest BCUT2D eigenvalue weighted by Crippen LogP contribution is 2.36. The minimum atomic E-state index is 0.405. The number of imidazole rings is 1. The minimum Gasteiger partial charge on any atom is -0.367 e. The fourth-order valence-corrected chi connectivity index (χ4v) is 4.97. The first-order valence-corrected chi connectivity index (χ1v) is 10.5. The van der Waals surface area contributed by atoms with E-state index in [2.05, 4.69) is 37.3 Å². The molecule has 0 unspecified atom stereocenters. The van der Waals surface area contributed by atoms with E-state index in [0.29, 0.717) is 12.5 Å². The second-order valence-electron chi connectivity index (χ2n) is 6.36. The molecule has 0 amide bonds. The molecule has 0 aromatic carbocycles. The number of aldehydes is 1. The van der Waals surface area contributed by atoms with Crippen LogP contribution in [-0.4, -0.2) is 26.7 Å². The molecular weight excluding hydrogens is 447 g/mol. The second kappa shape index (κ2) is 7.41. The van der Waals surface area contributed by atoms with Gasteiger partial charge in [0.15, 0.2) is 4.96 Å². The predicted octanol–water partition coefficient (Wildman–Crippen LogP) is 4.55. The van der Waals surface area contributed by atoms with Crippen molar-refractivity contribution in [2.45, 2.75) is 44.6 Å². The van der Waals surface area contributed by atoms with Crippen LogP contribution < -0.4 is 5.32 Å². The number of hydrogen-bond acceptors (Lipinski definition) is 5. The monoisotopic (exact) mass is 466 g/mol. The van der Waals surface area contributed by atoms with E-state index in [4.69, 9.17) is 4.98 Å². The SMILES string of the molecule is O=CCc1csc2nc(-c3ccncc3I)c(NC3CCCCC3)n12. The lowest BCUT2D eigenvalue weighted by Crippen LogP contribution is -2.23. The van der Waals surface area contributed by atoms with Gasteiger partial charge in [0.1, 0.15) is 17.8 Å². The number of carbonyl (C=O) groups is 1. The average Bonchev–Trinajstić information content (AvgIpc) is 3.18. The smallest absolute Gasteiger partial charge is 0.196 e. The Bertz CT molecular complexity index is 898. The van der Waals surface area contributed by atoms with Crippen LogP contribution in [0.1, 0.15) is 37.8 Å². The number of rotatable bonds is 5. The van der Waals surface area contributed by atoms with Crippen LogP contribution in [0, 0.1) is 3.57 Å². The standard InChI is InChI=1S/C18H19IN4OS/c19-15-10-20-8-6-14(15)16-17(21-12-4-2-1-3-5-12)23-13(7-9-24)11-25-18(23)22-16/h6,8-12,21H,1-5,7H2. The molecule has 3 aromatic rings. The van der Waals surface area contributed by atoms with Gasteiger partial charge < -0.3 is 10.1 Å². The topological polar surface area (TPSA) is 59.3 Å². The van der Waals surface area contributed by atoms with Gasteiger partial charge in [-0.3, -0.25) is 9.38 Å². The van der Waals surface area contributed by atoms with Gasteiger partial charge in [0.05, 0.1) is 0 Å². The Labute approximate surface area is 164 Å². The van der Waals surface area contributed by atoms with Crippen LogP contribution in [0.5, 0.6) is 0 Å². The largest absolute Gasteiger partial charge is 0.367 e. The zero-order valence-corrected chi connectivity index (χ0v) is 16.7. The van der Waals surface area contributed by atoms with Crippen LogP contribution >= 0.6 is 33.9 Å². The molecule has 3 aromatic heterocycles. The molecule has 4 rings (SSSR count). The quantitative estimate of drug-likeness (QED) is 0.443. The van der Waals surface area contributed by atoms with Crippen molar-refractivity contribution in [3.8, 4) is 11.3 Å². The van der Waals surface area contributed by atoms with Crippen LogP contribution in [0.2, 0.25) is 0 Å². The van der Waals surface area contributed by atoms with Gasteiger partial charge in [-0.15, -0.1) is 11.3 Å². The molecule has 1 N–H and O–H groups in total. The zero-order valence-electron chi connectivity index (χ0n) is 13.7. The summed E-state index contributed by atoms with van der Waals surface area (Å²) in [5.74, 6) is 1.02. The van der Waals surface area contributed by atoms with Crippen molar-refractivity contribution in [1.29, 1.82) is 0 Å². The van der Waals surface area contributed by atoms with Crippen LogP contribution in [0.3, 0.4) is 0 Å². The third-order valence-electron chi connectivity index (χ3n) is 4.70. The Morgan fingerprint density at radius 3 is 2.96 bits per heavy atom. The third-order valence-corrected chi connectivity index (χ3v) is 6.43. The molecule has 1 saturated carbocycles. The van der Waals surface area contributed by atoms with E-state index in [9.17, 15) is 4.79 Å². The predicted molar refractivity (Wildman–Crippen MR) is 109 cm³/mol. The Hall–Kier alpha value is -1.48. The Balaban J connectivity index is 1.85. The fraction of sp³-hybridized carbons (Fsp3) is 0.389. The molecule has 25 heavy (non-hydrogen) atoms. The molecule has 0 radical (unpaired) electrons. The Kier molecular flexibility index (Phi) is 5.03. The van der Waals surface area contributed by atoms with Gasteiger partial charge in [-0.1, -0.05) is 19.3 Å². The highest BCUT2D eigenvalue weighted by Gasteiger charge is 2.23.